The molecule has 0 spiro atoms. The van der Waals surface area contributed by atoms with Crippen LogP contribution in [0.5, 0.6) is 0 Å². The number of methoxy groups -OCH3 is 1. The van der Waals surface area contributed by atoms with Crippen LogP contribution in [-0.2, 0) is 11.8 Å². The van der Waals surface area contributed by atoms with E-state index in [2.05, 4.69) is 10.5 Å². The van der Waals surface area contributed by atoms with Gasteiger partial charge in [0.05, 0.1) is 17.8 Å². The zero-order chi connectivity index (χ0) is 13.0. The Morgan fingerprint density at radius 3 is 2.67 bits per heavy atom. The molecule has 1 aliphatic carbocycles. The first-order valence-corrected chi connectivity index (χ1v) is 6.74. The van der Waals surface area contributed by atoms with E-state index < -0.39 is 0 Å². The summed E-state index contributed by atoms with van der Waals surface area (Å²) in [6.07, 6.45) is 8.43. The highest BCUT2D eigenvalue weighted by molar-refractivity contribution is 5.08. The summed E-state index contributed by atoms with van der Waals surface area (Å²) in [4.78, 5) is 0. The molecule has 0 aliphatic heterocycles. The van der Waals surface area contributed by atoms with Gasteiger partial charge in [-0.1, -0.05) is 19.3 Å². The minimum atomic E-state index is -0.0284. The quantitative estimate of drug-likeness (QED) is 0.616. The molecule has 1 aromatic rings. The highest BCUT2D eigenvalue weighted by atomic mass is 16.5. The molecule has 5 heteroatoms. The lowest BCUT2D eigenvalue weighted by atomic mass is 9.82. The summed E-state index contributed by atoms with van der Waals surface area (Å²) in [5.74, 6) is 6.29. The maximum atomic E-state index is 5.72. The first-order valence-electron chi connectivity index (χ1n) is 6.74. The molecule has 1 heterocycles. The molecule has 3 N–H and O–H groups in total. The first kappa shape index (κ1) is 13.5. The molecule has 5 nitrogen and oxygen atoms in total. The summed E-state index contributed by atoms with van der Waals surface area (Å²) < 4.78 is 7.51. The highest BCUT2D eigenvalue weighted by Crippen LogP contribution is 2.33. The smallest absolute Gasteiger partial charge is 0.0914 e. The normalized spacial score (nSPS) is 20.8. The SMILES string of the molecule is COC(C1CCCCC1)C(NN)c1ccn(C)n1. The summed E-state index contributed by atoms with van der Waals surface area (Å²) in [5, 5.41) is 4.44. The van der Waals surface area contributed by atoms with Crippen LogP contribution in [0.2, 0.25) is 0 Å². The molecular formula is C13H24N4O. The van der Waals surface area contributed by atoms with Gasteiger partial charge in [0.1, 0.15) is 0 Å². The number of nitrogens with zero attached hydrogens (tertiary/aromatic N) is 2. The minimum Gasteiger partial charge on any atom is -0.379 e. The van der Waals surface area contributed by atoms with Crippen molar-refractivity contribution in [2.75, 3.05) is 7.11 Å². The molecule has 0 radical (unpaired) electrons. The molecule has 18 heavy (non-hydrogen) atoms. The van der Waals surface area contributed by atoms with Crippen molar-refractivity contribution in [2.45, 2.75) is 44.2 Å². The van der Waals surface area contributed by atoms with Crippen LogP contribution < -0.4 is 11.3 Å². The second-order valence-corrected chi connectivity index (χ2v) is 5.16. The Kier molecular flexibility index (Phi) is 4.74. The van der Waals surface area contributed by atoms with Gasteiger partial charge in [-0.2, -0.15) is 5.10 Å². The van der Waals surface area contributed by atoms with Gasteiger partial charge in [0.15, 0.2) is 0 Å². The van der Waals surface area contributed by atoms with Gasteiger partial charge >= 0.3 is 0 Å². The van der Waals surface area contributed by atoms with Crippen molar-refractivity contribution in [3.63, 3.8) is 0 Å². The van der Waals surface area contributed by atoms with Crippen molar-refractivity contribution in [3.05, 3.63) is 18.0 Å². The number of aryl methyl sites for hydroxylation is 1. The minimum absolute atomic E-state index is 0.0284. The number of rotatable bonds is 5. The van der Waals surface area contributed by atoms with Crippen LogP contribution in [0.25, 0.3) is 0 Å². The number of hydrogen-bond donors (Lipinski definition) is 2. The number of hydrogen-bond acceptors (Lipinski definition) is 4. The Labute approximate surface area is 109 Å². The van der Waals surface area contributed by atoms with Crippen molar-refractivity contribution in [1.29, 1.82) is 0 Å². The van der Waals surface area contributed by atoms with Crippen LogP contribution in [0.3, 0.4) is 0 Å². The molecule has 1 fully saturated rings. The van der Waals surface area contributed by atoms with E-state index in [9.17, 15) is 0 Å². The average Bonchev–Trinajstić information content (AvgIpc) is 2.83. The molecular weight excluding hydrogens is 228 g/mol. The standard InChI is InChI=1S/C13H24N4O/c1-17-9-8-11(16-17)12(15-14)13(18-2)10-6-4-3-5-7-10/h8-10,12-13,15H,3-7,14H2,1-2H3. The molecule has 0 saturated heterocycles. The van der Waals surface area contributed by atoms with Crippen molar-refractivity contribution in [1.82, 2.24) is 15.2 Å². The Hall–Kier alpha value is -0.910. The highest BCUT2D eigenvalue weighted by Gasteiger charge is 2.32. The van der Waals surface area contributed by atoms with Gasteiger partial charge in [-0.15, -0.1) is 0 Å². The van der Waals surface area contributed by atoms with Crippen LogP contribution in [0, 0.1) is 5.92 Å². The fourth-order valence-electron chi connectivity index (χ4n) is 3.01. The molecule has 1 aromatic heterocycles. The van der Waals surface area contributed by atoms with Gasteiger partial charge < -0.3 is 4.74 Å². The summed E-state index contributed by atoms with van der Waals surface area (Å²) in [7, 11) is 3.69. The lowest BCUT2D eigenvalue weighted by molar-refractivity contribution is 0.00634. The lowest BCUT2D eigenvalue weighted by Gasteiger charge is -2.33. The molecule has 2 rings (SSSR count). The summed E-state index contributed by atoms with van der Waals surface area (Å²) >= 11 is 0. The van der Waals surface area contributed by atoms with Gasteiger partial charge in [-0.05, 0) is 24.8 Å². The molecule has 1 aliphatic rings. The van der Waals surface area contributed by atoms with Crippen molar-refractivity contribution < 1.29 is 4.74 Å². The third-order valence-corrected chi connectivity index (χ3v) is 3.95. The number of ether oxygens (including phenoxy) is 1. The third kappa shape index (κ3) is 2.91. The molecule has 102 valence electrons. The second kappa shape index (κ2) is 6.31. The average molecular weight is 252 g/mol. The van der Waals surface area contributed by atoms with E-state index in [1.807, 2.05) is 19.3 Å². The Bertz CT molecular complexity index is 360. The van der Waals surface area contributed by atoms with E-state index in [-0.39, 0.29) is 12.1 Å². The molecule has 2 unspecified atom stereocenters. The van der Waals surface area contributed by atoms with E-state index in [1.165, 1.54) is 32.1 Å². The summed E-state index contributed by atoms with van der Waals surface area (Å²) in [5.41, 5.74) is 3.84. The second-order valence-electron chi connectivity index (χ2n) is 5.16. The lowest BCUT2D eigenvalue weighted by Crippen LogP contribution is -2.42. The monoisotopic (exact) mass is 252 g/mol. The first-order chi connectivity index (χ1) is 8.76. The Morgan fingerprint density at radius 2 is 2.17 bits per heavy atom. The maximum Gasteiger partial charge on any atom is 0.0914 e. The van der Waals surface area contributed by atoms with E-state index in [1.54, 1.807) is 11.8 Å². The molecule has 2 atom stereocenters. The number of hydrazine groups is 1. The largest absolute Gasteiger partial charge is 0.379 e. The zero-order valence-electron chi connectivity index (χ0n) is 11.3. The fraction of sp³-hybridized carbons (Fsp3) is 0.769. The Morgan fingerprint density at radius 1 is 1.44 bits per heavy atom. The maximum absolute atomic E-state index is 5.72. The number of nitrogens with two attached hydrogens (primary N) is 1. The zero-order valence-corrected chi connectivity index (χ0v) is 11.3. The van der Waals surface area contributed by atoms with Gasteiger partial charge in [-0.3, -0.25) is 10.5 Å². The van der Waals surface area contributed by atoms with Crippen LogP contribution in [-0.4, -0.2) is 23.0 Å². The van der Waals surface area contributed by atoms with Crippen LogP contribution in [0.15, 0.2) is 12.3 Å². The van der Waals surface area contributed by atoms with Crippen LogP contribution in [0.4, 0.5) is 0 Å². The van der Waals surface area contributed by atoms with Gasteiger partial charge in [0.25, 0.3) is 0 Å². The third-order valence-electron chi connectivity index (χ3n) is 3.95. The van der Waals surface area contributed by atoms with Crippen LogP contribution in [0.1, 0.15) is 43.8 Å². The van der Waals surface area contributed by atoms with E-state index in [0.717, 1.165) is 5.69 Å². The van der Waals surface area contributed by atoms with Crippen LogP contribution >= 0.6 is 0 Å². The summed E-state index contributed by atoms with van der Waals surface area (Å²) in [6.45, 7) is 0. The molecule has 1 saturated carbocycles. The van der Waals surface area contributed by atoms with Crippen molar-refractivity contribution >= 4 is 0 Å². The predicted molar refractivity (Wildman–Crippen MR) is 70.6 cm³/mol. The predicted octanol–water partition coefficient (Wildman–Crippen LogP) is 1.52. The van der Waals surface area contributed by atoms with Gasteiger partial charge in [0.2, 0.25) is 0 Å². The summed E-state index contributed by atoms with van der Waals surface area (Å²) in [6, 6.07) is 1.97. The Balaban J connectivity index is 2.12. The topological polar surface area (TPSA) is 65.1 Å². The number of aromatic nitrogens is 2. The molecule has 0 amide bonds. The van der Waals surface area contributed by atoms with E-state index >= 15 is 0 Å². The van der Waals surface area contributed by atoms with Crippen molar-refractivity contribution in [2.24, 2.45) is 18.8 Å². The van der Waals surface area contributed by atoms with Crippen molar-refractivity contribution in [3.8, 4) is 0 Å². The fourth-order valence-corrected chi connectivity index (χ4v) is 3.01. The van der Waals surface area contributed by atoms with E-state index in [4.69, 9.17) is 10.6 Å². The van der Waals surface area contributed by atoms with Gasteiger partial charge in [-0.25, -0.2) is 5.43 Å². The van der Waals surface area contributed by atoms with E-state index in [0.29, 0.717) is 5.92 Å². The molecule has 0 aromatic carbocycles. The number of nitrogens with one attached hydrogen (secondary N) is 1. The van der Waals surface area contributed by atoms with Gasteiger partial charge in [0, 0.05) is 20.4 Å². The molecule has 0 bridgehead atoms.